The molecule has 1 atom stereocenters. The Bertz CT molecular complexity index is 1500. The van der Waals surface area contributed by atoms with Crippen LogP contribution >= 0.6 is 0 Å². The molecule has 0 bridgehead atoms. The molecule has 6 nitrogen and oxygen atoms in total. The molecule has 0 aliphatic heterocycles. The number of para-hydroxylation sites is 3. The van der Waals surface area contributed by atoms with Crippen LogP contribution in [0.15, 0.2) is 83.8 Å². The lowest BCUT2D eigenvalue weighted by molar-refractivity contribution is -0.146. The van der Waals surface area contributed by atoms with E-state index in [0.29, 0.717) is 27.4 Å². The number of esters is 1. The van der Waals surface area contributed by atoms with E-state index in [1.807, 2.05) is 36.4 Å². The van der Waals surface area contributed by atoms with Crippen LogP contribution in [0.2, 0.25) is 0 Å². The first-order valence-corrected chi connectivity index (χ1v) is 10.3. The van der Waals surface area contributed by atoms with Crippen LogP contribution in [0.5, 0.6) is 0 Å². The SMILES string of the molecule is CC(OC(=O)Cn1c2ccccc2c(=O)c2ccccc21)C(=O)c1c[nH]c2ccccc12. The fraction of sp³-hybridized carbons (Fsp3) is 0.115. The van der Waals surface area contributed by atoms with Gasteiger partial charge in [-0.2, -0.15) is 0 Å². The van der Waals surface area contributed by atoms with Gasteiger partial charge in [0.25, 0.3) is 0 Å². The average molecular weight is 424 g/mol. The number of rotatable bonds is 5. The molecular weight excluding hydrogens is 404 g/mol. The van der Waals surface area contributed by atoms with Crippen molar-refractivity contribution in [3.8, 4) is 0 Å². The van der Waals surface area contributed by atoms with Crippen LogP contribution in [0.4, 0.5) is 0 Å². The minimum atomic E-state index is -0.946. The first kappa shape index (κ1) is 19.8. The largest absolute Gasteiger partial charge is 0.453 e. The van der Waals surface area contributed by atoms with Crippen LogP contribution in [0.3, 0.4) is 0 Å². The topological polar surface area (TPSA) is 81.2 Å². The number of aromatic amines is 1. The van der Waals surface area contributed by atoms with Crippen LogP contribution in [-0.4, -0.2) is 27.4 Å². The molecule has 0 amide bonds. The third-order valence-electron chi connectivity index (χ3n) is 5.70. The molecule has 0 aliphatic rings. The number of ketones is 1. The lowest BCUT2D eigenvalue weighted by atomic mass is 10.1. The number of benzene rings is 3. The smallest absolute Gasteiger partial charge is 0.326 e. The molecule has 6 heteroatoms. The predicted molar refractivity (Wildman–Crippen MR) is 124 cm³/mol. The molecule has 5 aromatic rings. The summed E-state index contributed by atoms with van der Waals surface area (Å²) in [6.07, 6.45) is 0.693. The summed E-state index contributed by atoms with van der Waals surface area (Å²) in [7, 11) is 0. The number of H-pyrrole nitrogens is 1. The molecule has 1 N–H and O–H groups in total. The first-order chi connectivity index (χ1) is 15.5. The average Bonchev–Trinajstić information content (AvgIpc) is 3.25. The highest BCUT2D eigenvalue weighted by Gasteiger charge is 2.23. The van der Waals surface area contributed by atoms with Crippen molar-refractivity contribution in [3.05, 3.63) is 94.8 Å². The van der Waals surface area contributed by atoms with Gasteiger partial charge in [-0.25, -0.2) is 0 Å². The van der Waals surface area contributed by atoms with Crippen LogP contribution in [-0.2, 0) is 16.1 Å². The summed E-state index contributed by atoms with van der Waals surface area (Å²) >= 11 is 0. The van der Waals surface area contributed by atoms with Gasteiger partial charge >= 0.3 is 5.97 Å². The van der Waals surface area contributed by atoms with Crippen LogP contribution in [0.25, 0.3) is 32.7 Å². The molecule has 2 aromatic heterocycles. The van der Waals surface area contributed by atoms with E-state index in [0.717, 1.165) is 10.9 Å². The van der Waals surface area contributed by atoms with E-state index < -0.39 is 12.1 Å². The maximum absolute atomic E-state index is 12.9. The van der Waals surface area contributed by atoms with E-state index in [1.54, 1.807) is 54.1 Å². The monoisotopic (exact) mass is 424 g/mol. The minimum Gasteiger partial charge on any atom is -0.453 e. The molecule has 0 saturated heterocycles. The number of aromatic nitrogens is 2. The Balaban J connectivity index is 1.45. The Hall–Kier alpha value is -4.19. The minimum absolute atomic E-state index is 0.0799. The van der Waals surface area contributed by atoms with E-state index in [1.165, 1.54) is 0 Å². The number of nitrogens with one attached hydrogen (secondary N) is 1. The second-order valence-electron chi connectivity index (χ2n) is 7.69. The number of carbonyl (C=O) groups is 2. The van der Waals surface area contributed by atoms with Gasteiger partial charge in [-0.15, -0.1) is 0 Å². The predicted octanol–water partition coefficient (Wildman–Crippen LogP) is 4.45. The van der Waals surface area contributed by atoms with Gasteiger partial charge in [-0.3, -0.25) is 14.4 Å². The molecule has 0 spiro atoms. The molecule has 32 heavy (non-hydrogen) atoms. The van der Waals surface area contributed by atoms with Crippen molar-refractivity contribution in [2.45, 2.75) is 19.6 Å². The number of fused-ring (bicyclic) bond motifs is 3. The second kappa shape index (κ2) is 7.81. The molecule has 0 radical (unpaired) electrons. The van der Waals surface area contributed by atoms with Crippen LogP contribution in [0, 0.1) is 0 Å². The molecule has 158 valence electrons. The standard InChI is InChI=1S/C26H20N2O4/c1-16(25(30)20-14-27-21-11-5-2-8-17(20)21)32-24(29)15-28-22-12-6-3-9-18(22)26(31)19-10-4-7-13-23(19)28/h2-14,16,27H,15H2,1H3. The maximum atomic E-state index is 12.9. The summed E-state index contributed by atoms with van der Waals surface area (Å²) in [6.45, 7) is 1.45. The lowest BCUT2D eigenvalue weighted by Crippen LogP contribution is -2.27. The summed E-state index contributed by atoms with van der Waals surface area (Å²) in [5.41, 5.74) is 2.54. The first-order valence-electron chi connectivity index (χ1n) is 10.3. The van der Waals surface area contributed by atoms with Crippen molar-refractivity contribution < 1.29 is 14.3 Å². The summed E-state index contributed by atoms with van der Waals surface area (Å²) in [4.78, 5) is 41.7. The van der Waals surface area contributed by atoms with Gasteiger partial charge in [0, 0.05) is 33.4 Å². The van der Waals surface area contributed by atoms with Crippen LogP contribution in [0.1, 0.15) is 17.3 Å². The fourth-order valence-corrected chi connectivity index (χ4v) is 4.16. The number of hydrogen-bond donors (Lipinski definition) is 1. The quantitative estimate of drug-likeness (QED) is 0.257. The van der Waals surface area contributed by atoms with E-state index >= 15 is 0 Å². The van der Waals surface area contributed by atoms with E-state index in [-0.39, 0.29) is 17.8 Å². The van der Waals surface area contributed by atoms with Gasteiger partial charge in [0.15, 0.2) is 11.5 Å². The third-order valence-corrected chi connectivity index (χ3v) is 5.70. The maximum Gasteiger partial charge on any atom is 0.326 e. The number of Topliss-reactive ketones (excluding diaryl/α,β-unsaturated/α-hetero) is 1. The van der Waals surface area contributed by atoms with Crippen molar-refractivity contribution in [2.24, 2.45) is 0 Å². The van der Waals surface area contributed by atoms with Crippen molar-refractivity contribution in [2.75, 3.05) is 0 Å². The van der Waals surface area contributed by atoms with E-state index in [2.05, 4.69) is 4.98 Å². The van der Waals surface area contributed by atoms with Crippen molar-refractivity contribution in [3.63, 3.8) is 0 Å². The van der Waals surface area contributed by atoms with Crippen LogP contribution < -0.4 is 5.43 Å². The summed E-state index contributed by atoms with van der Waals surface area (Å²) in [6, 6.07) is 21.8. The molecule has 2 heterocycles. The van der Waals surface area contributed by atoms with E-state index in [4.69, 9.17) is 4.74 Å². The summed E-state index contributed by atoms with van der Waals surface area (Å²) in [5.74, 6) is -0.824. The number of nitrogens with zero attached hydrogens (tertiary/aromatic N) is 1. The molecule has 0 fully saturated rings. The highest BCUT2D eigenvalue weighted by molar-refractivity contribution is 6.10. The molecule has 1 unspecified atom stereocenters. The molecule has 3 aromatic carbocycles. The Morgan fingerprint density at radius 3 is 2.09 bits per heavy atom. The highest BCUT2D eigenvalue weighted by atomic mass is 16.5. The Morgan fingerprint density at radius 1 is 0.875 bits per heavy atom. The normalized spacial score (nSPS) is 12.3. The zero-order valence-corrected chi connectivity index (χ0v) is 17.4. The number of hydrogen-bond acceptors (Lipinski definition) is 4. The number of ether oxygens (including phenoxy) is 1. The Morgan fingerprint density at radius 2 is 1.44 bits per heavy atom. The highest BCUT2D eigenvalue weighted by Crippen LogP contribution is 2.21. The Labute approximate surface area is 183 Å². The van der Waals surface area contributed by atoms with Gasteiger partial charge in [-0.05, 0) is 37.3 Å². The molecule has 0 saturated carbocycles. The summed E-state index contributed by atoms with van der Waals surface area (Å²) in [5, 5.41) is 1.85. The number of pyridine rings is 1. The zero-order valence-electron chi connectivity index (χ0n) is 17.4. The van der Waals surface area contributed by atoms with Gasteiger partial charge in [0.05, 0.1) is 11.0 Å². The van der Waals surface area contributed by atoms with Crippen molar-refractivity contribution in [1.82, 2.24) is 9.55 Å². The second-order valence-corrected chi connectivity index (χ2v) is 7.69. The lowest BCUT2D eigenvalue weighted by Gasteiger charge is -2.16. The van der Waals surface area contributed by atoms with Gasteiger partial charge < -0.3 is 14.3 Å². The van der Waals surface area contributed by atoms with Crippen molar-refractivity contribution in [1.29, 1.82) is 0 Å². The fourth-order valence-electron chi connectivity index (χ4n) is 4.16. The van der Waals surface area contributed by atoms with Gasteiger partial charge in [0.2, 0.25) is 5.78 Å². The van der Waals surface area contributed by atoms with Gasteiger partial charge in [-0.1, -0.05) is 42.5 Å². The summed E-state index contributed by atoms with van der Waals surface area (Å²) < 4.78 is 7.28. The molecule has 5 rings (SSSR count). The van der Waals surface area contributed by atoms with E-state index in [9.17, 15) is 14.4 Å². The third kappa shape index (κ3) is 3.26. The Kier molecular flexibility index (Phi) is 4.82. The molecular formula is C26H20N2O4. The number of carbonyl (C=O) groups excluding carboxylic acids is 2. The van der Waals surface area contributed by atoms with Crippen molar-refractivity contribution >= 4 is 44.5 Å². The molecule has 0 aliphatic carbocycles. The zero-order chi connectivity index (χ0) is 22.2. The van der Waals surface area contributed by atoms with Gasteiger partial charge in [0.1, 0.15) is 6.54 Å².